The van der Waals surface area contributed by atoms with E-state index in [9.17, 15) is 4.79 Å². The van der Waals surface area contributed by atoms with Gasteiger partial charge in [0.25, 0.3) is 5.91 Å². The number of nitrogens with two attached hydrogens (primary N) is 1. The summed E-state index contributed by atoms with van der Waals surface area (Å²) in [4.78, 5) is 14.3. The zero-order valence-corrected chi connectivity index (χ0v) is 11.1. The van der Waals surface area contributed by atoms with Crippen molar-refractivity contribution in [1.29, 1.82) is 0 Å². The number of amides is 1. The quantitative estimate of drug-likeness (QED) is 0.785. The highest BCUT2D eigenvalue weighted by Crippen LogP contribution is 2.25. The van der Waals surface area contributed by atoms with Gasteiger partial charge in [0.05, 0.1) is 5.69 Å². The topological polar surface area (TPSA) is 63.3 Å². The fraction of sp³-hybridized carbons (Fsp3) is 0.615. The number of anilines is 1. The van der Waals surface area contributed by atoms with Gasteiger partial charge in [0.1, 0.15) is 5.69 Å². The minimum absolute atomic E-state index is 0.0546. The van der Waals surface area contributed by atoms with Crippen LogP contribution in [-0.4, -0.2) is 41.1 Å². The molecule has 100 valence electrons. The molecule has 2 rings (SSSR count). The number of nitrogens with one attached hydrogen (secondary N) is 1. The number of likely N-dealkylation sites (N-methyl/N-ethyl adjacent to an activating group) is 1. The van der Waals surface area contributed by atoms with E-state index in [-0.39, 0.29) is 5.91 Å². The summed E-state index contributed by atoms with van der Waals surface area (Å²) in [6.07, 6.45) is 4.35. The number of aromatic nitrogens is 1. The molecule has 1 aromatic rings. The van der Waals surface area contributed by atoms with Gasteiger partial charge < -0.3 is 15.6 Å². The number of hydrogen-bond donors (Lipinski definition) is 2. The highest BCUT2D eigenvalue weighted by molar-refractivity contribution is 5.93. The summed E-state index contributed by atoms with van der Waals surface area (Å²) in [5.41, 5.74) is 6.89. The Hall–Kier alpha value is -1.49. The minimum Gasteiger partial charge on any atom is -0.397 e. The molecule has 0 spiro atoms. The van der Waals surface area contributed by atoms with E-state index in [0.29, 0.717) is 17.9 Å². The molecule has 0 unspecified atom stereocenters. The highest BCUT2D eigenvalue weighted by Gasteiger charge is 2.27. The van der Waals surface area contributed by atoms with Crippen LogP contribution in [0.2, 0.25) is 0 Å². The lowest BCUT2D eigenvalue weighted by atomic mass is 10.3. The molecule has 0 aliphatic heterocycles. The Balaban J connectivity index is 1.79. The van der Waals surface area contributed by atoms with Gasteiger partial charge in [-0.2, -0.15) is 0 Å². The number of carbonyl (C=O) groups excluding carboxylic acids is 1. The monoisotopic (exact) mass is 250 g/mol. The van der Waals surface area contributed by atoms with Crippen molar-refractivity contribution in [3.8, 4) is 0 Å². The molecular weight excluding hydrogens is 228 g/mol. The SMILES string of the molecule is CCN(CCNC(=O)c1cc(N)cn1C)C1CC1. The Labute approximate surface area is 108 Å². The maximum atomic E-state index is 11.9. The van der Waals surface area contributed by atoms with Crippen LogP contribution in [0.4, 0.5) is 5.69 Å². The lowest BCUT2D eigenvalue weighted by Crippen LogP contribution is -2.36. The second-order valence-electron chi connectivity index (χ2n) is 4.89. The van der Waals surface area contributed by atoms with Crippen molar-refractivity contribution < 1.29 is 4.79 Å². The highest BCUT2D eigenvalue weighted by atomic mass is 16.1. The maximum Gasteiger partial charge on any atom is 0.268 e. The van der Waals surface area contributed by atoms with Crippen molar-refractivity contribution in [2.24, 2.45) is 7.05 Å². The normalized spacial score (nSPS) is 15.1. The molecule has 1 aliphatic carbocycles. The molecular formula is C13H22N4O. The van der Waals surface area contributed by atoms with E-state index in [0.717, 1.165) is 19.1 Å². The summed E-state index contributed by atoms with van der Waals surface area (Å²) >= 11 is 0. The molecule has 5 heteroatoms. The van der Waals surface area contributed by atoms with Gasteiger partial charge in [-0.1, -0.05) is 6.92 Å². The lowest BCUT2D eigenvalue weighted by Gasteiger charge is -2.19. The Bertz CT molecular complexity index is 423. The van der Waals surface area contributed by atoms with Gasteiger partial charge in [0.2, 0.25) is 0 Å². The molecule has 3 N–H and O–H groups in total. The maximum absolute atomic E-state index is 11.9. The van der Waals surface area contributed by atoms with Gasteiger partial charge in [-0.15, -0.1) is 0 Å². The first-order valence-electron chi connectivity index (χ1n) is 6.56. The third-order valence-corrected chi connectivity index (χ3v) is 3.41. The Morgan fingerprint density at radius 3 is 2.83 bits per heavy atom. The molecule has 0 saturated heterocycles. The van der Waals surface area contributed by atoms with Crippen LogP contribution >= 0.6 is 0 Å². The molecule has 18 heavy (non-hydrogen) atoms. The number of aryl methyl sites for hydroxylation is 1. The van der Waals surface area contributed by atoms with Crippen LogP contribution in [0.3, 0.4) is 0 Å². The molecule has 5 nitrogen and oxygen atoms in total. The second-order valence-corrected chi connectivity index (χ2v) is 4.89. The van der Waals surface area contributed by atoms with E-state index in [1.807, 2.05) is 7.05 Å². The van der Waals surface area contributed by atoms with E-state index in [4.69, 9.17) is 5.73 Å². The van der Waals surface area contributed by atoms with Crippen molar-refractivity contribution in [2.75, 3.05) is 25.4 Å². The molecule has 1 heterocycles. The predicted molar refractivity (Wildman–Crippen MR) is 72.4 cm³/mol. The van der Waals surface area contributed by atoms with Gasteiger partial charge in [0.15, 0.2) is 0 Å². The van der Waals surface area contributed by atoms with Crippen LogP contribution in [0, 0.1) is 0 Å². The smallest absolute Gasteiger partial charge is 0.268 e. The summed E-state index contributed by atoms with van der Waals surface area (Å²) in [5, 5.41) is 2.94. The molecule has 0 bridgehead atoms. The zero-order chi connectivity index (χ0) is 13.1. The van der Waals surface area contributed by atoms with Gasteiger partial charge in [-0.05, 0) is 25.5 Å². The number of nitrogens with zero attached hydrogens (tertiary/aromatic N) is 2. The van der Waals surface area contributed by atoms with Gasteiger partial charge in [0, 0.05) is 32.4 Å². The second kappa shape index (κ2) is 5.44. The molecule has 1 fully saturated rings. The lowest BCUT2D eigenvalue weighted by molar-refractivity contribution is 0.0940. The van der Waals surface area contributed by atoms with Crippen LogP contribution in [0.15, 0.2) is 12.3 Å². The van der Waals surface area contributed by atoms with Crippen molar-refractivity contribution in [2.45, 2.75) is 25.8 Å². The molecule has 0 atom stereocenters. The Kier molecular flexibility index (Phi) is 3.91. The molecule has 1 aromatic heterocycles. The van der Waals surface area contributed by atoms with Crippen molar-refractivity contribution in [3.63, 3.8) is 0 Å². The van der Waals surface area contributed by atoms with Crippen molar-refractivity contribution in [3.05, 3.63) is 18.0 Å². The standard InChI is InChI=1S/C13H22N4O/c1-3-17(11-4-5-11)7-6-15-13(18)12-8-10(14)9-16(12)2/h8-9,11H,3-7,14H2,1-2H3,(H,15,18). The predicted octanol–water partition coefficient (Wildman–Crippen LogP) is 0.821. The van der Waals surface area contributed by atoms with Gasteiger partial charge >= 0.3 is 0 Å². The van der Waals surface area contributed by atoms with E-state index >= 15 is 0 Å². The summed E-state index contributed by atoms with van der Waals surface area (Å²) in [7, 11) is 1.83. The van der Waals surface area contributed by atoms with Crippen LogP contribution in [-0.2, 0) is 7.05 Å². The van der Waals surface area contributed by atoms with Gasteiger partial charge in [-0.3, -0.25) is 9.69 Å². The first kappa shape index (κ1) is 13.0. The van der Waals surface area contributed by atoms with E-state index in [2.05, 4.69) is 17.1 Å². The average Bonchev–Trinajstić information content (AvgIpc) is 3.10. The fourth-order valence-corrected chi connectivity index (χ4v) is 2.26. The summed E-state index contributed by atoms with van der Waals surface area (Å²) < 4.78 is 1.75. The molecule has 1 amide bonds. The van der Waals surface area contributed by atoms with Crippen LogP contribution in [0.5, 0.6) is 0 Å². The molecule has 1 aliphatic rings. The zero-order valence-electron chi connectivity index (χ0n) is 11.1. The number of hydrogen-bond acceptors (Lipinski definition) is 3. The van der Waals surface area contributed by atoms with Crippen molar-refractivity contribution in [1.82, 2.24) is 14.8 Å². The molecule has 0 aromatic carbocycles. The Morgan fingerprint density at radius 1 is 1.61 bits per heavy atom. The number of nitrogen functional groups attached to an aromatic ring is 1. The fourth-order valence-electron chi connectivity index (χ4n) is 2.26. The van der Waals surface area contributed by atoms with Gasteiger partial charge in [-0.25, -0.2) is 0 Å². The van der Waals surface area contributed by atoms with E-state index < -0.39 is 0 Å². The average molecular weight is 250 g/mol. The van der Waals surface area contributed by atoms with E-state index in [1.165, 1.54) is 12.8 Å². The summed E-state index contributed by atoms with van der Waals surface area (Å²) in [6, 6.07) is 2.45. The molecule has 1 saturated carbocycles. The first-order valence-corrected chi connectivity index (χ1v) is 6.56. The summed E-state index contributed by atoms with van der Waals surface area (Å²) in [6.45, 7) is 4.83. The van der Waals surface area contributed by atoms with Crippen LogP contribution < -0.4 is 11.1 Å². The number of rotatable bonds is 6. The Morgan fingerprint density at radius 2 is 2.33 bits per heavy atom. The molecule has 0 radical (unpaired) electrons. The third-order valence-electron chi connectivity index (χ3n) is 3.41. The number of carbonyl (C=O) groups is 1. The minimum atomic E-state index is -0.0546. The van der Waals surface area contributed by atoms with E-state index in [1.54, 1.807) is 16.8 Å². The van der Waals surface area contributed by atoms with Crippen LogP contribution in [0.25, 0.3) is 0 Å². The first-order chi connectivity index (χ1) is 8.61. The van der Waals surface area contributed by atoms with Crippen molar-refractivity contribution >= 4 is 11.6 Å². The van der Waals surface area contributed by atoms with Crippen LogP contribution in [0.1, 0.15) is 30.3 Å². The third kappa shape index (κ3) is 3.04. The largest absolute Gasteiger partial charge is 0.397 e. The summed E-state index contributed by atoms with van der Waals surface area (Å²) in [5.74, 6) is -0.0546.